The van der Waals surface area contributed by atoms with Crippen molar-refractivity contribution in [1.82, 2.24) is 20.7 Å². The summed E-state index contributed by atoms with van der Waals surface area (Å²) in [7, 11) is -8.12. The monoisotopic (exact) mass is 814 g/mol. The van der Waals surface area contributed by atoms with Gasteiger partial charge in [-0.15, -0.1) is 0 Å². The molecule has 1 fully saturated rings. The molecule has 4 atom stereocenters. The molecule has 0 radical (unpaired) electrons. The van der Waals surface area contributed by atoms with Gasteiger partial charge in [-0.05, 0) is 60.9 Å². The predicted molar refractivity (Wildman–Crippen MR) is 209 cm³/mol. The van der Waals surface area contributed by atoms with Gasteiger partial charge in [0.15, 0.2) is 0 Å². The van der Waals surface area contributed by atoms with E-state index in [1.807, 2.05) is 30.3 Å². The number of phenolic OH excluding ortho intramolecular Hbond substituents is 1. The maximum Gasteiger partial charge on any atom is 0.407 e. The number of benzene rings is 3. The molecule has 0 spiro atoms. The van der Waals surface area contributed by atoms with E-state index in [1.165, 1.54) is 12.1 Å². The molecule has 3 aromatic rings. The number of nitrogens with one attached hydrogen (secondary N) is 4. The number of alkyl carbamates (subject to hydrolysis) is 1. The predicted octanol–water partition coefficient (Wildman–Crippen LogP) is 4.21. The van der Waals surface area contributed by atoms with Crippen LogP contribution in [0.5, 0.6) is 5.75 Å². The summed E-state index contributed by atoms with van der Waals surface area (Å²) in [5.74, 6) is -2.66. The molecule has 1 aliphatic rings. The lowest BCUT2D eigenvalue weighted by molar-refractivity contribution is -0.143. The first-order valence-electron chi connectivity index (χ1n) is 18.4. The lowest BCUT2D eigenvalue weighted by atomic mass is 9.87. The molecule has 15 nitrogen and oxygen atoms in total. The van der Waals surface area contributed by atoms with E-state index in [1.54, 1.807) is 42.5 Å². The van der Waals surface area contributed by atoms with Crippen LogP contribution in [0.1, 0.15) is 67.7 Å². The number of unbranched alkanes of at least 4 members (excludes halogenated alkanes) is 1. The fourth-order valence-corrected chi connectivity index (χ4v) is 9.99. The molecule has 7 N–H and O–H groups in total. The molecule has 304 valence electrons. The summed E-state index contributed by atoms with van der Waals surface area (Å²) in [5, 5.41) is 27.5. The van der Waals surface area contributed by atoms with E-state index in [-0.39, 0.29) is 44.6 Å². The molecule has 0 aliphatic heterocycles. The standard InChI is InChI=1S/C39H51N4O11PS/c1-56(52,53)43-32(16-8-11-23-40-38(49)54-25-29-12-4-2-5-13-29)35(45)41-34(30-14-6-3-7-15-30)26-55(50,51)27-39(21-9-10-22-39)37(48)42-33(36(46)47)24-28-17-19-31(44)20-18-28/h2-7,12-15,17-20,32-34,43-44H,8-11,16,21-27H2,1H3,(H,40,49)(H,41,45)(H,42,48)(H,46,47)(H,50,51)/t32-,33-,34-/m0/s1. The van der Waals surface area contributed by atoms with Crippen LogP contribution in [0.3, 0.4) is 0 Å². The highest BCUT2D eigenvalue weighted by Crippen LogP contribution is 2.54. The van der Waals surface area contributed by atoms with E-state index in [9.17, 15) is 47.3 Å². The van der Waals surface area contributed by atoms with Gasteiger partial charge in [0, 0.05) is 25.3 Å². The molecule has 1 saturated carbocycles. The number of ether oxygens (including phenoxy) is 1. The number of carboxylic acids is 1. The summed E-state index contributed by atoms with van der Waals surface area (Å²) in [5.41, 5.74) is 0.534. The minimum Gasteiger partial charge on any atom is -0.508 e. The Morgan fingerprint density at radius 3 is 2.09 bits per heavy atom. The van der Waals surface area contributed by atoms with Crippen LogP contribution in [0.25, 0.3) is 0 Å². The first kappa shape index (κ1) is 44.0. The Bertz CT molecular complexity index is 1930. The minimum atomic E-state index is -4.26. The first-order chi connectivity index (χ1) is 26.5. The highest BCUT2D eigenvalue weighted by Gasteiger charge is 2.47. The number of hydrogen-bond donors (Lipinski definition) is 7. The van der Waals surface area contributed by atoms with E-state index in [0.29, 0.717) is 36.8 Å². The Labute approximate surface area is 327 Å². The molecule has 0 heterocycles. The van der Waals surface area contributed by atoms with E-state index < -0.39 is 77.1 Å². The van der Waals surface area contributed by atoms with Crippen LogP contribution in [-0.2, 0) is 46.7 Å². The van der Waals surface area contributed by atoms with Crippen molar-refractivity contribution in [3.8, 4) is 5.75 Å². The average Bonchev–Trinajstić information content (AvgIpc) is 3.62. The van der Waals surface area contributed by atoms with Gasteiger partial charge in [-0.1, -0.05) is 85.6 Å². The second-order valence-corrected chi connectivity index (χ2v) is 18.5. The smallest absolute Gasteiger partial charge is 0.407 e. The Morgan fingerprint density at radius 2 is 1.48 bits per heavy atom. The fraction of sp³-hybridized carbons (Fsp3) is 0.436. The Kier molecular flexibility index (Phi) is 16.0. The van der Waals surface area contributed by atoms with Crippen LogP contribution in [0.2, 0.25) is 0 Å². The van der Waals surface area contributed by atoms with Gasteiger partial charge in [-0.2, -0.15) is 0 Å². The molecular formula is C39H51N4O11PS. The number of carbonyl (C=O) groups is 4. The summed E-state index contributed by atoms with van der Waals surface area (Å²) in [6.45, 7) is 0.304. The second-order valence-electron chi connectivity index (χ2n) is 14.3. The van der Waals surface area contributed by atoms with Gasteiger partial charge in [0.2, 0.25) is 29.2 Å². The average molecular weight is 815 g/mol. The fourth-order valence-electron chi connectivity index (χ4n) is 6.84. The Hall–Kier alpha value is -4.76. The second kappa shape index (κ2) is 20.4. The van der Waals surface area contributed by atoms with Crippen molar-refractivity contribution >= 4 is 41.3 Å². The lowest BCUT2D eigenvalue weighted by Crippen LogP contribution is -2.50. The molecule has 0 bridgehead atoms. The number of hydrogen-bond acceptors (Lipinski definition) is 9. The third-order valence-corrected chi connectivity index (χ3v) is 12.4. The lowest BCUT2D eigenvalue weighted by Gasteiger charge is -2.32. The zero-order valence-electron chi connectivity index (χ0n) is 31.3. The van der Waals surface area contributed by atoms with Gasteiger partial charge in [0.25, 0.3) is 0 Å². The van der Waals surface area contributed by atoms with E-state index in [4.69, 9.17) is 4.74 Å². The van der Waals surface area contributed by atoms with Gasteiger partial charge < -0.3 is 35.8 Å². The van der Waals surface area contributed by atoms with Crippen LogP contribution >= 0.6 is 7.37 Å². The van der Waals surface area contributed by atoms with Crippen molar-refractivity contribution in [3.63, 3.8) is 0 Å². The molecule has 1 aliphatic carbocycles. The SMILES string of the molecule is CS(=O)(=O)N[C@@H](CCCCNC(=O)OCc1ccccc1)C(=O)N[C@@H](CP(=O)(O)CC1(C(=O)N[C@@H](Cc2ccc(O)cc2)C(=O)O)CCCC1)c1ccccc1. The first-order valence-corrected chi connectivity index (χ1v) is 22.4. The summed E-state index contributed by atoms with van der Waals surface area (Å²) in [6, 6.07) is 19.8. The zero-order valence-corrected chi connectivity index (χ0v) is 33.0. The summed E-state index contributed by atoms with van der Waals surface area (Å²) >= 11 is 0. The highest BCUT2D eigenvalue weighted by molar-refractivity contribution is 7.88. The highest BCUT2D eigenvalue weighted by atomic mass is 32.2. The van der Waals surface area contributed by atoms with Crippen LogP contribution < -0.4 is 20.7 Å². The minimum absolute atomic E-state index is 0.00359. The topological polar surface area (TPSA) is 238 Å². The molecule has 0 saturated heterocycles. The number of carboxylic acid groups (broad SMARTS) is 1. The number of carbonyl (C=O) groups excluding carboxylic acids is 3. The maximum atomic E-state index is 14.1. The number of aromatic hydroxyl groups is 1. The number of sulfonamides is 1. The quantitative estimate of drug-likeness (QED) is 0.0594. The largest absolute Gasteiger partial charge is 0.508 e. The third kappa shape index (κ3) is 14.4. The van der Waals surface area contributed by atoms with Crippen molar-refractivity contribution in [2.75, 3.05) is 25.1 Å². The Morgan fingerprint density at radius 1 is 0.857 bits per heavy atom. The van der Waals surface area contributed by atoms with Gasteiger partial charge in [0.05, 0.1) is 17.7 Å². The Balaban J connectivity index is 1.41. The number of aliphatic carboxylic acids is 1. The number of rotatable bonds is 21. The molecule has 1 unspecified atom stereocenters. The molecule has 17 heteroatoms. The van der Waals surface area contributed by atoms with E-state index in [2.05, 4.69) is 20.7 Å². The van der Waals surface area contributed by atoms with Gasteiger partial charge in [0.1, 0.15) is 24.4 Å². The van der Waals surface area contributed by atoms with Crippen molar-refractivity contribution in [1.29, 1.82) is 0 Å². The molecule has 3 amide bonds. The van der Waals surface area contributed by atoms with Crippen LogP contribution in [0, 0.1) is 5.41 Å². The summed E-state index contributed by atoms with van der Waals surface area (Å²) < 4.78 is 46.3. The maximum absolute atomic E-state index is 14.1. The zero-order chi connectivity index (χ0) is 40.8. The number of amides is 3. The van der Waals surface area contributed by atoms with Crippen LogP contribution in [-0.4, -0.2) is 84.6 Å². The van der Waals surface area contributed by atoms with E-state index >= 15 is 0 Å². The van der Waals surface area contributed by atoms with Gasteiger partial charge in [-0.3, -0.25) is 14.2 Å². The van der Waals surface area contributed by atoms with Crippen molar-refractivity contribution in [3.05, 3.63) is 102 Å². The van der Waals surface area contributed by atoms with Crippen LogP contribution in [0.15, 0.2) is 84.9 Å². The third-order valence-electron chi connectivity index (χ3n) is 9.63. The van der Waals surface area contributed by atoms with Crippen molar-refractivity contribution in [2.45, 2.75) is 76.1 Å². The molecule has 56 heavy (non-hydrogen) atoms. The van der Waals surface area contributed by atoms with Gasteiger partial charge in [-0.25, -0.2) is 22.7 Å². The van der Waals surface area contributed by atoms with Gasteiger partial charge >= 0.3 is 12.1 Å². The molecular weight excluding hydrogens is 763 g/mol. The van der Waals surface area contributed by atoms with Crippen LogP contribution in [0.4, 0.5) is 4.79 Å². The number of phenols is 1. The molecule has 3 aromatic carbocycles. The summed E-state index contributed by atoms with van der Waals surface area (Å²) in [4.78, 5) is 63.4. The normalized spacial score (nSPS) is 16.4. The molecule has 0 aromatic heterocycles. The van der Waals surface area contributed by atoms with Crippen molar-refractivity contribution < 1.29 is 52.0 Å². The summed E-state index contributed by atoms with van der Waals surface area (Å²) in [6.07, 6.45) is 1.76. The van der Waals surface area contributed by atoms with E-state index in [0.717, 1.165) is 11.8 Å². The van der Waals surface area contributed by atoms with Crippen molar-refractivity contribution in [2.24, 2.45) is 5.41 Å². The molecule has 4 rings (SSSR count).